The van der Waals surface area contributed by atoms with Crippen LogP contribution in [0.5, 0.6) is 0 Å². The molecule has 0 aliphatic carbocycles. The summed E-state index contributed by atoms with van der Waals surface area (Å²) in [5.74, 6) is -0.548. The number of aromatic nitrogens is 1. The summed E-state index contributed by atoms with van der Waals surface area (Å²) in [6, 6.07) is 22.3. The molecule has 1 N–H and O–H groups in total. The lowest BCUT2D eigenvalue weighted by atomic mass is 10.1. The van der Waals surface area contributed by atoms with Gasteiger partial charge in [0.15, 0.2) is 0 Å². The fourth-order valence-electron chi connectivity index (χ4n) is 4.60. The predicted octanol–water partition coefficient (Wildman–Crippen LogP) is 5.67. The third kappa shape index (κ3) is 6.29. The summed E-state index contributed by atoms with van der Waals surface area (Å²) in [6.45, 7) is 11.3. The normalized spacial score (nSPS) is 11.6. The van der Waals surface area contributed by atoms with Crippen LogP contribution in [0.25, 0.3) is 5.69 Å². The van der Waals surface area contributed by atoms with Crippen LogP contribution in [0.15, 0.2) is 82.8 Å². The number of hydrogen-bond acceptors (Lipinski definition) is 4. The van der Waals surface area contributed by atoms with Crippen LogP contribution in [0.1, 0.15) is 39.2 Å². The number of aryl methyl sites for hydroxylation is 5. The molecule has 7 nitrogen and oxygen atoms in total. The van der Waals surface area contributed by atoms with Crippen LogP contribution >= 0.6 is 0 Å². The number of nitrogens with one attached hydrogen (secondary N) is 1. The van der Waals surface area contributed by atoms with Gasteiger partial charge < -0.3 is 4.57 Å². The zero-order chi connectivity index (χ0) is 28.3. The van der Waals surface area contributed by atoms with Crippen molar-refractivity contribution >= 4 is 27.8 Å². The average molecular weight is 543 g/mol. The van der Waals surface area contributed by atoms with Crippen molar-refractivity contribution < 1.29 is 13.2 Å². The van der Waals surface area contributed by atoms with Crippen molar-refractivity contribution in [3.05, 3.63) is 112 Å². The Hall–Kier alpha value is -4.17. The van der Waals surface area contributed by atoms with E-state index in [9.17, 15) is 13.2 Å². The monoisotopic (exact) mass is 542 g/mol. The summed E-state index contributed by atoms with van der Waals surface area (Å²) in [5.41, 5.74) is 10.8. The standard InChI is InChI=1S/C31H34N4O3S/c1-21-7-11-28(12-8-21)35-25(5)18-27(26(35)6)19-32-33-31(36)20-34(29-16-23(3)15-24(4)17-29)39(37,38)30-13-9-22(2)10-14-30/h7-19H,20H2,1-6H3,(H,33,36)/b32-19-. The maximum Gasteiger partial charge on any atom is 0.264 e. The molecular weight excluding hydrogens is 508 g/mol. The Balaban J connectivity index is 1.57. The number of benzene rings is 3. The summed E-state index contributed by atoms with van der Waals surface area (Å²) in [5, 5.41) is 4.15. The van der Waals surface area contributed by atoms with E-state index in [4.69, 9.17) is 0 Å². The Morgan fingerprint density at radius 3 is 1.97 bits per heavy atom. The van der Waals surface area contributed by atoms with Gasteiger partial charge in [0.05, 0.1) is 16.8 Å². The van der Waals surface area contributed by atoms with E-state index in [1.807, 2.05) is 53.7 Å². The van der Waals surface area contributed by atoms with Gasteiger partial charge in [0.1, 0.15) is 6.54 Å². The van der Waals surface area contributed by atoms with Crippen LogP contribution < -0.4 is 9.73 Å². The Kier molecular flexibility index (Phi) is 8.06. The second kappa shape index (κ2) is 11.3. The minimum absolute atomic E-state index is 0.118. The molecule has 0 atom stereocenters. The predicted molar refractivity (Wildman–Crippen MR) is 157 cm³/mol. The van der Waals surface area contributed by atoms with Crippen LogP contribution in [0.3, 0.4) is 0 Å². The van der Waals surface area contributed by atoms with Gasteiger partial charge in [0, 0.05) is 22.6 Å². The first-order valence-electron chi connectivity index (χ1n) is 12.7. The summed E-state index contributed by atoms with van der Waals surface area (Å²) < 4.78 is 30.5. The molecule has 202 valence electrons. The third-order valence-electron chi connectivity index (χ3n) is 6.55. The third-order valence-corrected chi connectivity index (χ3v) is 8.33. The largest absolute Gasteiger partial charge is 0.318 e. The number of nitrogens with zero attached hydrogens (tertiary/aromatic N) is 3. The summed E-state index contributed by atoms with van der Waals surface area (Å²) in [6.07, 6.45) is 1.58. The maximum atomic E-state index is 13.6. The van der Waals surface area contributed by atoms with E-state index in [2.05, 4.69) is 39.4 Å². The molecule has 0 saturated carbocycles. The molecule has 0 unspecified atom stereocenters. The Bertz CT molecular complexity index is 1610. The van der Waals surface area contributed by atoms with E-state index in [1.54, 1.807) is 42.6 Å². The molecule has 1 aromatic heterocycles. The second-order valence-corrected chi connectivity index (χ2v) is 11.8. The number of hydrazone groups is 1. The lowest BCUT2D eigenvalue weighted by Crippen LogP contribution is -2.39. The van der Waals surface area contributed by atoms with Gasteiger partial charge in [-0.3, -0.25) is 9.10 Å². The number of carbonyl (C=O) groups is 1. The van der Waals surface area contributed by atoms with Crippen molar-refractivity contribution in [2.75, 3.05) is 10.8 Å². The molecule has 0 fully saturated rings. The number of carbonyl (C=O) groups excluding carboxylic acids is 1. The molecule has 0 spiro atoms. The molecule has 1 amide bonds. The van der Waals surface area contributed by atoms with Gasteiger partial charge in [0.2, 0.25) is 0 Å². The van der Waals surface area contributed by atoms with Crippen LogP contribution in [0.4, 0.5) is 5.69 Å². The first-order valence-corrected chi connectivity index (χ1v) is 14.2. The molecule has 4 rings (SSSR count). The van der Waals surface area contributed by atoms with Gasteiger partial charge in [-0.1, -0.05) is 41.5 Å². The van der Waals surface area contributed by atoms with Crippen LogP contribution in [-0.2, 0) is 14.8 Å². The minimum Gasteiger partial charge on any atom is -0.318 e. The Labute approximate surface area is 230 Å². The van der Waals surface area contributed by atoms with Crippen molar-refractivity contribution in [1.82, 2.24) is 9.99 Å². The molecular formula is C31H34N4O3S. The molecule has 0 saturated heterocycles. The number of sulfonamides is 1. The van der Waals surface area contributed by atoms with E-state index in [-0.39, 0.29) is 4.90 Å². The van der Waals surface area contributed by atoms with Gasteiger partial charge in [-0.15, -0.1) is 0 Å². The smallest absolute Gasteiger partial charge is 0.264 e. The van der Waals surface area contributed by atoms with Crippen LogP contribution in [0.2, 0.25) is 0 Å². The zero-order valence-corrected chi connectivity index (χ0v) is 24.0. The van der Waals surface area contributed by atoms with Crippen molar-refractivity contribution in [2.24, 2.45) is 5.10 Å². The maximum absolute atomic E-state index is 13.6. The van der Waals surface area contributed by atoms with Gasteiger partial charge in [-0.2, -0.15) is 5.10 Å². The number of anilines is 1. The van der Waals surface area contributed by atoms with Crippen molar-refractivity contribution in [3.63, 3.8) is 0 Å². The first-order chi connectivity index (χ1) is 18.5. The molecule has 0 aliphatic heterocycles. The summed E-state index contributed by atoms with van der Waals surface area (Å²) >= 11 is 0. The molecule has 1 heterocycles. The van der Waals surface area contributed by atoms with E-state index in [1.165, 1.54) is 5.56 Å². The first kappa shape index (κ1) is 27.9. The quantitative estimate of drug-likeness (QED) is 0.230. The zero-order valence-electron chi connectivity index (χ0n) is 23.2. The molecule has 39 heavy (non-hydrogen) atoms. The highest BCUT2D eigenvalue weighted by Crippen LogP contribution is 2.26. The Morgan fingerprint density at radius 2 is 1.38 bits per heavy atom. The van der Waals surface area contributed by atoms with E-state index in [0.29, 0.717) is 5.69 Å². The van der Waals surface area contributed by atoms with Crippen LogP contribution in [-0.4, -0.2) is 31.7 Å². The highest BCUT2D eigenvalue weighted by molar-refractivity contribution is 7.92. The second-order valence-electron chi connectivity index (χ2n) is 9.96. The molecule has 4 aromatic rings. The van der Waals surface area contributed by atoms with Gasteiger partial charge >= 0.3 is 0 Å². The van der Waals surface area contributed by atoms with Gasteiger partial charge in [-0.25, -0.2) is 13.8 Å². The highest BCUT2D eigenvalue weighted by Gasteiger charge is 2.27. The SMILES string of the molecule is Cc1ccc(-n2c(C)cc(/C=N\NC(=O)CN(c3cc(C)cc(C)c3)S(=O)(=O)c3ccc(C)cc3)c2C)cc1. The van der Waals surface area contributed by atoms with E-state index < -0.39 is 22.5 Å². The number of amides is 1. The van der Waals surface area contributed by atoms with Gasteiger partial charge in [-0.05, 0) is 95.1 Å². The molecule has 0 aliphatic rings. The van der Waals surface area contributed by atoms with Crippen LogP contribution in [0, 0.1) is 41.5 Å². The molecule has 8 heteroatoms. The fraction of sp³-hybridized carbons (Fsp3) is 0.226. The fourth-order valence-corrected chi connectivity index (χ4v) is 6.00. The average Bonchev–Trinajstić information content (AvgIpc) is 3.15. The van der Waals surface area contributed by atoms with Crippen molar-refractivity contribution in [3.8, 4) is 5.69 Å². The number of hydrogen-bond donors (Lipinski definition) is 1. The lowest BCUT2D eigenvalue weighted by Gasteiger charge is -2.24. The van der Waals surface area contributed by atoms with E-state index >= 15 is 0 Å². The van der Waals surface area contributed by atoms with Crippen molar-refractivity contribution in [1.29, 1.82) is 0 Å². The summed E-state index contributed by atoms with van der Waals surface area (Å²) in [7, 11) is -4.00. The molecule has 3 aromatic carbocycles. The van der Waals surface area contributed by atoms with E-state index in [0.717, 1.165) is 43.6 Å². The summed E-state index contributed by atoms with van der Waals surface area (Å²) in [4.78, 5) is 13.1. The molecule has 0 radical (unpaired) electrons. The number of rotatable bonds is 8. The highest BCUT2D eigenvalue weighted by atomic mass is 32.2. The molecule has 0 bridgehead atoms. The lowest BCUT2D eigenvalue weighted by molar-refractivity contribution is -0.119. The topological polar surface area (TPSA) is 83.8 Å². The Morgan fingerprint density at radius 1 is 0.821 bits per heavy atom. The van der Waals surface area contributed by atoms with Gasteiger partial charge in [0.25, 0.3) is 15.9 Å². The minimum atomic E-state index is -4.00. The van der Waals surface area contributed by atoms with Crippen molar-refractivity contribution in [2.45, 2.75) is 46.4 Å².